The minimum absolute atomic E-state index is 0. The first-order valence-corrected chi connectivity index (χ1v) is 3.28. The zero-order valence-electron chi connectivity index (χ0n) is 7.48. The lowest BCUT2D eigenvalue weighted by Crippen LogP contribution is -2.13. The normalized spacial score (nSPS) is 7.62. The van der Waals surface area contributed by atoms with E-state index >= 15 is 0 Å². The fourth-order valence-electron chi connectivity index (χ4n) is 0.975. The highest BCUT2D eigenvalue weighted by molar-refractivity contribution is 5.86. The molecule has 0 fully saturated rings. The van der Waals surface area contributed by atoms with E-state index in [-0.39, 0.29) is 37.2 Å². The number of anilines is 1. The Morgan fingerprint density at radius 2 is 2.00 bits per heavy atom. The molecule has 80 valence electrons. The van der Waals surface area contributed by atoms with Crippen molar-refractivity contribution < 1.29 is 0 Å². The molecule has 0 atom stereocenters. The molecular formula is C6H15Cl3N4. The molecule has 0 bridgehead atoms. The number of aromatic nitrogens is 2. The lowest BCUT2D eigenvalue weighted by atomic mass is 10.5. The maximum absolute atomic E-state index is 5.21. The highest BCUT2D eigenvalue weighted by Gasteiger charge is 2.00. The number of halogens is 3. The molecule has 13 heavy (non-hydrogen) atoms. The third-order valence-electron chi connectivity index (χ3n) is 1.50. The van der Waals surface area contributed by atoms with Crippen LogP contribution in [0.1, 0.15) is 12.6 Å². The van der Waals surface area contributed by atoms with Gasteiger partial charge in [-0.05, 0) is 13.8 Å². The molecule has 1 heterocycles. The van der Waals surface area contributed by atoms with Crippen LogP contribution in [0.5, 0.6) is 0 Å². The summed E-state index contributed by atoms with van der Waals surface area (Å²) in [6, 6.07) is 0. The molecule has 4 nitrogen and oxygen atoms in total. The van der Waals surface area contributed by atoms with Crippen molar-refractivity contribution in [1.82, 2.24) is 9.55 Å². The van der Waals surface area contributed by atoms with Gasteiger partial charge >= 0.3 is 0 Å². The smallest absolute Gasteiger partial charge is 0.217 e. The largest absolute Gasteiger partial charge is 0.314 e. The predicted octanol–water partition coefficient (Wildman–Crippen LogP) is 1.76. The van der Waals surface area contributed by atoms with Crippen molar-refractivity contribution in [3.05, 3.63) is 11.9 Å². The second-order valence-corrected chi connectivity index (χ2v) is 2.11. The van der Waals surface area contributed by atoms with Crippen LogP contribution in [0.15, 0.2) is 6.20 Å². The summed E-state index contributed by atoms with van der Waals surface area (Å²) < 4.78 is 2.00. The molecule has 0 amide bonds. The molecule has 0 aromatic carbocycles. The molecule has 1 aromatic rings. The first kappa shape index (κ1) is 18.6. The van der Waals surface area contributed by atoms with E-state index in [9.17, 15) is 0 Å². The lowest BCUT2D eigenvalue weighted by Gasteiger charge is -2.03. The fourth-order valence-corrected chi connectivity index (χ4v) is 0.975. The van der Waals surface area contributed by atoms with E-state index in [1.54, 1.807) is 6.20 Å². The fraction of sp³-hybridized carbons (Fsp3) is 0.500. The third-order valence-corrected chi connectivity index (χ3v) is 1.50. The summed E-state index contributed by atoms with van der Waals surface area (Å²) in [6.07, 6.45) is 1.79. The van der Waals surface area contributed by atoms with Crippen molar-refractivity contribution in [2.75, 3.05) is 5.43 Å². The number of nitrogens with one attached hydrogen (secondary N) is 1. The van der Waals surface area contributed by atoms with Gasteiger partial charge in [-0.1, -0.05) is 0 Å². The Morgan fingerprint density at radius 1 is 1.46 bits per heavy atom. The maximum atomic E-state index is 5.21. The van der Waals surface area contributed by atoms with Crippen LogP contribution >= 0.6 is 37.2 Å². The van der Waals surface area contributed by atoms with Gasteiger partial charge in [0.15, 0.2) is 0 Å². The van der Waals surface area contributed by atoms with Crippen molar-refractivity contribution in [2.45, 2.75) is 20.4 Å². The molecule has 0 aliphatic carbocycles. The van der Waals surface area contributed by atoms with Crippen LogP contribution < -0.4 is 11.3 Å². The molecule has 0 aliphatic heterocycles. The Hall–Kier alpha value is -0.160. The number of nitrogen functional groups attached to an aromatic ring is 1. The Morgan fingerprint density at radius 3 is 2.31 bits per heavy atom. The standard InChI is InChI=1S/C6H12N4.3ClH/c1-3-10-5(2)4-8-6(10)9-7;;;/h4H,3,7H2,1-2H3,(H,8,9);3*1H. The van der Waals surface area contributed by atoms with Crippen molar-refractivity contribution in [2.24, 2.45) is 5.84 Å². The number of hydrogen-bond donors (Lipinski definition) is 2. The summed E-state index contributed by atoms with van der Waals surface area (Å²) in [5.41, 5.74) is 3.64. The average molecular weight is 250 g/mol. The van der Waals surface area contributed by atoms with E-state index in [0.717, 1.165) is 18.2 Å². The predicted molar refractivity (Wildman–Crippen MR) is 62.2 cm³/mol. The van der Waals surface area contributed by atoms with Gasteiger partial charge in [-0.3, -0.25) is 5.43 Å². The van der Waals surface area contributed by atoms with Crippen LogP contribution in [0.2, 0.25) is 0 Å². The van der Waals surface area contributed by atoms with E-state index in [0.29, 0.717) is 0 Å². The summed E-state index contributed by atoms with van der Waals surface area (Å²) in [6.45, 7) is 4.94. The molecule has 0 saturated carbocycles. The SMILES string of the molecule is CCn1c(C)cnc1NN.Cl.Cl.Cl. The van der Waals surface area contributed by atoms with E-state index in [4.69, 9.17) is 5.84 Å². The average Bonchev–Trinajstić information content (AvgIpc) is 2.30. The molecule has 0 aliphatic rings. The second-order valence-electron chi connectivity index (χ2n) is 2.11. The van der Waals surface area contributed by atoms with Crippen LogP contribution in [0.4, 0.5) is 5.95 Å². The Kier molecular flexibility index (Phi) is 12.1. The van der Waals surface area contributed by atoms with E-state index in [2.05, 4.69) is 17.3 Å². The first-order valence-electron chi connectivity index (χ1n) is 3.28. The summed E-state index contributed by atoms with van der Waals surface area (Å²) in [4.78, 5) is 4.03. The van der Waals surface area contributed by atoms with Gasteiger partial charge in [0.1, 0.15) is 0 Å². The van der Waals surface area contributed by atoms with Crippen molar-refractivity contribution >= 4 is 43.2 Å². The van der Waals surface area contributed by atoms with E-state index in [1.807, 2.05) is 11.5 Å². The molecule has 0 spiro atoms. The molecule has 1 rings (SSSR count). The van der Waals surface area contributed by atoms with Crippen LogP contribution in [-0.4, -0.2) is 9.55 Å². The molecule has 0 radical (unpaired) electrons. The van der Waals surface area contributed by atoms with Crippen LogP contribution in [0.3, 0.4) is 0 Å². The monoisotopic (exact) mass is 248 g/mol. The zero-order valence-corrected chi connectivity index (χ0v) is 9.93. The quantitative estimate of drug-likeness (QED) is 0.620. The first-order chi connectivity index (χ1) is 4.79. The number of hydrazine groups is 1. The Labute approximate surface area is 96.5 Å². The highest BCUT2D eigenvalue weighted by Crippen LogP contribution is 2.06. The van der Waals surface area contributed by atoms with Gasteiger partial charge in [0.25, 0.3) is 0 Å². The minimum atomic E-state index is 0. The summed E-state index contributed by atoms with van der Waals surface area (Å²) in [5.74, 6) is 5.93. The van der Waals surface area contributed by atoms with E-state index < -0.39 is 0 Å². The van der Waals surface area contributed by atoms with Crippen molar-refractivity contribution in [1.29, 1.82) is 0 Å². The summed E-state index contributed by atoms with van der Waals surface area (Å²) >= 11 is 0. The second kappa shape index (κ2) is 8.44. The number of rotatable bonds is 2. The number of imidazole rings is 1. The van der Waals surface area contributed by atoms with Gasteiger partial charge in [0, 0.05) is 12.2 Å². The number of aryl methyl sites for hydroxylation is 1. The molecule has 7 heteroatoms. The van der Waals surface area contributed by atoms with Crippen molar-refractivity contribution in [3.63, 3.8) is 0 Å². The number of nitrogens with two attached hydrogens (primary N) is 1. The van der Waals surface area contributed by atoms with Crippen LogP contribution in [-0.2, 0) is 6.54 Å². The zero-order chi connectivity index (χ0) is 7.56. The molecular weight excluding hydrogens is 234 g/mol. The van der Waals surface area contributed by atoms with Crippen LogP contribution in [0.25, 0.3) is 0 Å². The molecule has 0 unspecified atom stereocenters. The summed E-state index contributed by atoms with van der Waals surface area (Å²) in [7, 11) is 0. The van der Waals surface area contributed by atoms with Gasteiger partial charge in [-0.15, -0.1) is 37.2 Å². The maximum Gasteiger partial charge on any atom is 0.217 e. The van der Waals surface area contributed by atoms with E-state index in [1.165, 1.54) is 0 Å². The van der Waals surface area contributed by atoms with Crippen LogP contribution in [0, 0.1) is 6.92 Å². The van der Waals surface area contributed by atoms with Gasteiger partial charge in [-0.2, -0.15) is 0 Å². The number of hydrogen-bond acceptors (Lipinski definition) is 3. The number of nitrogens with zero attached hydrogens (tertiary/aromatic N) is 2. The minimum Gasteiger partial charge on any atom is -0.314 e. The topological polar surface area (TPSA) is 55.9 Å². The molecule has 3 N–H and O–H groups in total. The third kappa shape index (κ3) is 4.04. The van der Waals surface area contributed by atoms with Gasteiger partial charge in [0.05, 0.1) is 6.20 Å². The lowest BCUT2D eigenvalue weighted by molar-refractivity contribution is 0.742. The van der Waals surface area contributed by atoms with Gasteiger partial charge < -0.3 is 4.57 Å². The van der Waals surface area contributed by atoms with Crippen molar-refractivity contribution in [3.8, 4) is 0 Å². The Balaban J connectivity index is -0.000000333. The summed E-state index contributed by atoms with van der Waals surface area (Å²) in [5, 5.41) is 0. The molecule has 0 saturated heterocycles. The van der Waals surface area contributed by atoms with Gasteiger partial charge in [0.2, 0.25) is 5.95 Å². The highest BCUT2D eigenvalue weighted by atomic mass is 35.5. The molecule has 1 aromatic heterocycles. The van der Waals surface area contributed by atoms with Gasteiger partial charge in [-0.25, -0.2) is 10.8 Å². The Bertz CT molecular complexity index is 226.